The lowest BCUT2D eigenvalue weighted by atomic mass is 9.65. The molecular weight excluding hydrogens is 312 g/mol. The van der Waals surface area contributed by atoms with Crippen LogP contribution in [0.1, 0.15) is 37.7 Å². The number of amides is 1. The molecule has 128 valence electrons. The lowest BCUT2D eigenvalue weighted by Crippen LogP contribution is -2.58. The molecular formula is C18H27ClN2O2. The van der Waals surface area contributed by atoms with Crippen molar-refractivity contribution >= 4 is 18.3 Å². The van der Waals surface area contributed by atoms with Gasteiger partial charge in [0.05, 0.1) is 5.54 Å². The molecule has 3 rings (SSSR count). The molecule has 1 amide bonds. The molecule has 1 saturated heterocycles. The lowest BCUT2D eigenvalue weighted by Gasteiger charge is -2.43. The lowest BCUT2D eigenvalue weighted by molar-refractivity contribution is -0.130. The fraction of sp³-hybridized carbons (Fsp3) is 0.611. The molecule has 0 spiro atoms. The summed E-state index contributed by atoms with van der Waals surface area (Å²) in [6, 6.07) is 10.5. The van der Waals surface area contributed by atoms with Gasteiger partial charge in [0.15, 0.2) is 0 Å². The van der Waals surface area contributed by atoms with E-state index in [1.54, 1.807) is 0 Å². The molecule has 1 aromatic rings. The highest BCUT2D eigenvalue weighted by atomic mass is 35.5. The Hall–Kier alpha value is -1.10. The topological polar surface area (TPSA) is 64.4 Å². The Kier molecular flexibility index (Phi) is 6.06. The van der Waals surface area contributed by atoms with Crippen molar-refractivity contribution in [3.63, 3.8) is 0 Å². The van der Waals surface area contributed by atoms with Crippen LogP contribution in [0.15, 0.2) is 30.3 Å². The number of carbonyl (C=O) groups is 1. The molecule has 0 aromatic heterocycles. The van der Waals surface area contributed by atoms with Crippen LogP contribution in [0.4, 0.5) is 0 Å². The standard InChI is InChI=1S/C18H26N2O2.ClH/c19-18(9-11-22-12-10-18)16(21)20-14-17(7-4-8-17)13-15-5-2-1-3-6-15;/h1-3,5-6H,4,7-14,19H2,(H,20,21);1H. The quantitative estimate of drug-likeness (QED) is 0.866. The Morgan fingerprint density at radius 2 is 1.78 bits per heavy atom. The van der Waals surface area contributed by atoms with E-state index in [9.17, 15) is 4.79 Å². The van der Waals surface area contributed by atoms with Gasteiger partial charge in [-0.25, -0.2) is 0 Å². The summed E-state index contributed by atoms with van der Waals surface area (Å²) in [5, 5.41) is 3.14. The van der Waals surface area contributed by atoms with Crippen LogP contribution >= 0.6 is 12.4 Å². The van der Waals surface area contributed by atoms with E-state index in [-0.39, 0.29) is 23.7 Å². The molecule has 1 saturated carbocycles. The molecule has 23 heavy (non-hydrogen) atoms. The smallest absolute Gasteiger partial charge is 0.240 e. The van der Waals surface area contributed by atoms with Crippen molar-refractivity contribution in [1.29, 1.82) is 0 Å². The molecule has 3 N–H and O–H groups in total. The second-order valence-corrected chi connectivity index (χ2v) is 6.97. The Morgan fingerprint density at radius 3 is 2.35 bits per heavy atom. The number of nitrogens with two attached hydrogens (primary N) is 1. The van der Waals surface area contributed by atoms with Crippen molar-refractivity contribution in [3.05, 3.63) is 35.9 Å². The molecule has 1 heterocycles. The Bertz CT molecular complexity index is 511. The van der Waals surface area contributed by atoms with Gasteiger partial charge in [-0.2, -0.15) is 0 Å². The largest absolute Gasteiger partial charge is 0.381 e. The molecule has 1 aromatic carbocycles. The summed E-state index contributed by atoms with van der Waals surface area (Å²) >= 11 is 0. The van der Waals surface area contributed by atoms with Gasteiger partial charge in [-0.15, -0.1) is 12.4 Å². The second-order valence-electron chi connectivity index (χ2n) is 6.97. The summed E-state index contributed by atoms with van der Waals surface area (Å²) in [6.45, 7) is 1.90. The van der Waals surface area contributed by atoms with Gasteiger partial charge in [-0.1, -0.05) is 36.8 Å². The van der Waals surface area contributed by atoms with Gasteiger partial charge in [-0.05, 0) is 43.1 Å². The highest BCUT2D eigenvalue weighted by molar-refractivity contribution is 5.86. The molecule has 0 bridgehead atoms. The zero-order chi connectivity index (χ0) is 15.5. The van der Waals surface area contributed by atoms with Crippen LogP contribution in [-0.2, 0) is 16.0 Å². The van der Waals surface area contributed by atoms with Crippen molar-refractivity contribution in [2.75, 3.05) is 19.8 Å². The summed E-state index contributed by atoms with van der Waals surface area (Å²) < 4.78 is 5.31. The highest BCUT2D eigenvalue weighted by Gasteiger charge is 2.40. The van der Waals surface area contributed by atoms with E-state index in [1.165, 1.54) is 24.8 Å². The summed E-state index contributed by atoms with van der Waals surface area (Å²) in [5.41, 5.74) is 7.08. The molecule has 5 heteroatoms. The van der Waals surface area contributed by atoms with Crippen molar-refractivity contribution in [1.82, 2.24) is 5.32 Å². The Balaban J connectivity index is 0.00000192. The van der Waals surface area contributed by atoms with Crippen LogP contribution in [0.3, 0.4) is 0 Å². The van der Waals surface area contributed by atoms with E-state index >= 15 is 0 Å². The van der Waals surface area contributed by atoms with Crippen LogP contribution in [-0.4, -0.2) is 31.2 Å². The number of hydrogen-bond donors (Lipinski definition) is 2. The predicted octanol–water partition coefficient (Wildman–Crippen LogP) is 2.45. The van der Waals surface area contributed by atoms with Crippen molar-refractivity contribution < 1.29 is 9.53 Å². The van der Waals surface area contributed by atoms with Crippen LogP contribution in [0, 0.1) is 5.41 Å². The highest BCUT2D eigenvalue weighted by Crippen LogP contribution is 2.43. The third kappa shape index (κ3) is 4.25. The van der Waals surface area contributed by atoms with Crippen LogP contribution in [0.25, 0.3) is 0 Å². The SMILES string of the molecule is Cl.NC1(C(=O)NCC2(Cc3ccccc3)CCC2)CCOCC1. The number of hydrogen-bond acceptors (Lipinski definition) is 3. The van der Waals surface area contributed by atoms with E-state index < -0.39 is 5.54 Å². The fourth-order valence-electron chi connectivity index (χ4n) is 3.53. The maximum atomic E-state index is 12.5. The molecule has 2 fully saturated rings. The molecule has 0 unspecified atom stereocenters. The van der Waals surface area contributed by atoms with Crippen LogP contribution < -0.4 is 11.1 Å². The average molecular weight is 339 g/mol. The molecule has 4 nitrogen and oxygen atoms in total. The Morgan fingerprint density at radius 1 is 1.13 bits per heavy atom. The molecule has 2 aliphatic rings. The number of ether oxygens (including phenoxy) is 1. The zero-order valence-electron chi connectivity index (χ0n) is 13.6. The number of benzene rings is 1. The second kappa shape index (κ2) is 7.65. The van der Waals surface area contributed by atoms with Crippen LogP contribution in [0.2, 0.25) is 0 Å². The van der Waals surface area contributed by atoms with Gasteiger partial charge in [-0.3, -0.25) is 4.79 Å². The minimum Gasteiger partial charge on any atom is -0.381 e. The van der Waals surface area contributed by atoms with Gasteiger partial charge < -0.3 is 15.8 Å². The van der Waals surface area contributed by atoms with Gasteiger partial charge in [0, 0.05) is 19.8 Å². The van der Waals surface area contributed by atoms with Gasteiger partial charge in [0.2, 0.25) is 5.91 Å². The number of rotatable bonds is 5. The molecule has 1 aliphatic heterocycles. The third-order valence-electron chi connectivity index (χ3n) is 5.30. The predicted molar refractivity (Wildman–Crippen MR) is 93.7 cm³/mol. The fourth-order valence-corrected chi connectivity index (χ4v) is 3.53. The summed E-state index contributed by atoms with van der Waals surface area (Å²) in [4.78, 5) is 12.5. The number of carbonyl (C=O) groups excluding carboxylic acids is 1. The third-order valence-corrected chi connectivity index (χ3v) is 5.30. The maximum absolute atomic E-state index is 12.5. The van der Waals surface area contributed by atoms with Crippen LogP contribution in [0.5, 0.6) is 0 Å². The summed E-state index contributed by atoms with van der Waals surface area (Å²) in [6.07, 6.45) is 5.89. The summed E-state index contributed by atoms with van der Waals surface area (Å²) in [7, 11) is 0. The summed E-state index contributed by atoms with van der Waals surface area (Å²) in [5.74, 6) is -0.00450. The zero-order valence-corrected chi connectivity index (χ0v) is 14.4. The first kappa shape index (κ1) is 18.2. The van der Waals surface area contributed by atoms with Crippen molar-refractivity contribution in [2.45, 2.75) is 44.1 Å². The van der Waals surface area contributed by atoms with E-state index in [0.29, 0.717) is 26.1 Å². The first-order valence-corrected chi connectivity index (χ1v) is 8.31. The number of nitrogens with one attached hydrogen (secondary N) is 1. The number of halogens is 1. The van der Waals surface area contributed by atoms with E-state index in [0.717, 1.165) is 13.0 Å². The van der Waals surface area contributed by atoms with Crippen molar-refractivity contribution in [3.8, 4) is 0 Å². The molecule has 0 radical (unpaired) electrons. The first-order chi connectivity index (χ1) is 10.6. The van der Waals surface area contributed by atoms with Crippen molar-refractivity contribution in [2.24, 2.45) is 11.1 Å². The van der Waals surface area contributed by atoms with Gasteiger partial charge in [0.1, 0.15) is 0 Å². The molecule has 1 aliphatic carbocycles. The van der Waals surface area contributed by atoms with E-state index in [4.69, 9.17) is 10.5 Å². The Labute approximate surface area is 144 Å². The first-order valence-electron chi connectivity index (χ1n) is 8.31. The average Bonchev–Trinajstić information content (AvgIpc) is 2.51. The van der Waals surface area contributed by atoms with E-state index in [2.05, 4.69) is 29.6 Å². The molecule has 0 atom stereocenters. The van der Waals surface area contributed by atoms with Gasteiger partial charge >= 0.3 is 0 Å². The normalized spacial score (nSPS) is 21.6. The van der Waals surface area contributed by atoms with E-state index in [1.807, 2.05) is 6.07 Å². The minimum absolute atomic E-state index is 0. The maximum Gasteiger partial charge on any atom is 0.240 e. The van der Waals surface area contributed by atoms with Gasteiger partial charge in [0.25, 0.3) is 0 Å². The minimum atomic E-state index is -0.740. The monoisotopic (exact) mass is 338 g/mol.